The number of aryl methyl sites for hydroxylation is 1. The Morgan fingerprint density at radius 2 is 1.79 bits per heavy atom. The van der Waals surface area contributed by atoms with E-state index in [9.17, 15) is 24.3 Å². The molecule has 178 valence electrons. The van der Waals surface area contributed by atoms with Gasteiger partial charge in [-0.25, -0.2) is 9.59 Å². The van der Waals surface area contributed by atoms with Gasteiger partial charge in [0.1, 0.15) is 6.04 Å². The molecule has 9 heteroatoms. The van der Waals surface area contributed by atoms with Gasteiger partial charge in [-0.15, -0.1) is 0 Å². The van der Waals surface area contributed by atoms with Crippen molar-refractivity contribution in [1.29, 1.82) is 0 Å². The molecule has 1 aliphatic carbocycles. The predicted molar refractivity (Wildman–Crippen MR) is 123 cm³/mol. The standard InChI is InChI=1S/C24H31N3O6/c1-26-15-18(20(28)27(2)23(26)32)17-8-6-16(7-9-17)14-19(21(29)30)25-22(31)24(12-13-33-3)10-4-5-11-24/h6-9,15,19H,4-5,10-14H2,1-3H3,(H,25,31)(H,29,30). The van der Waals surface area contributed by atoms with Gasteiger partial charge in [-0.05, 0) is 30.4 Å². The van der Waals surface area contributed by atoms with Crippen molar-refractivity contribution in [3.05, 3.63) is 56.9 Å². The number of hydrogen-bond donors (Lipinski definition) is 2. The summed E-state index contributed by atoms with van der Waals surface area (Å²) in [6.07, 6.45) is 5.54. The van der Waals surface area contributed by atoms with Crippen LogP contribution >= 0.6 is 0 Å². The average molecular weight is 458 g/mol. The second-order valence-electron chi connectivity index (χ2n) is 8.80. The van der Waals surface area contributed by atoms with E-state index in [-0.39, 0.29) is 12.3 Å². The molecule has 2 aromatic rings. The monoisotopic (exact) mass is 457 g/mol. The Bertz CT molecular complexity index is 1130. The highest BCUT2D eigenvalue weighted by atomic mass is 16.5. The van der Waals surface area contributed by atoms with Crippen LogP contribution in [0, 0.1) is 5.41 Å². The first-order chi connectivity index (χ1) is 15.7. The second kappa shape index (κ2) is 10.2. The molecule has 1 heterocycles. The van der Waals surface area contributed by atoms with Crippen LogP contribution < -0.4 is 16.6 Å². The molecule has 3 rings (SSSR count). The van der Waals surface area contributed by atoms with Gasteiger partial charge in [0.05, 0.1) is 11.0 Å². The number of ether oxygens (including phenoxy) is 1. The van der Waals surface area contributed by atoms with Gasteiger partial charge in [-0.2, -0.15) is 0 Å². The molecule has 9 nitrogen and oxygen atoms in total. The summed E-state index contributed by atoms with van der Waals surface area (Å²) in [5.41, 5.74) is 0.318. The van der Waals surface area contributed by atoms with E-state index in [4.69, 9.17) is 4.74 Å². The van der Waals surface area contributed by atoms with Gasteiger partial charge in [0.2, 0.25) is 5.91 Å². The lowest BCUT2D eigenvalue weighted by atomic mass is 9.81. The molecule has 0 saturated heterocycles. The Morgan fingerprint density at radius 3 is 2.36 bits per heavy atom. The van der Waals surface area contributed by atoms with E-state index in [2.05, 4.69) is 5.32 Å². The van der Waals surface area contributed by atoms with Crippen LogP contribution in [0.4, 0.5) is 0 Å². The zero-order chi connectivity index (χ0) is 24.2. The van der Waals surface area contributed by atoms with Crippen LogP contribution in [0.2, 0.25) is 0 Å². The van der Waals surface area contributed by atoms with E-state index >= 15 is 0 Å². The number of carbonyl (C=O) groups excluding carboxylic acids is 1. The summed E-state index contributed by atoms with van der Waals surface area (Å²) < 4.78 is 7.55. The van der Waals surface area contributed by atoms with E-state index in [0.717, 1.165) is 30.3 Å². The SMILES string of the molecule is COCCC1(C(=O)NC(Cc2ccc(-c3cn(C)c(=O)n(C)c3=O)cc2)C(=O)O)CCCC1. The van der Waals surface area contributed by atoms with Crippen LogP contribution in [-0.2, 0) is 34.8 Å². The fourth-order valence-electron chi connectivity index (χ4n) is 4.51. The van der Waals surface area contributed by atoms with Gasteiger partial charge < -0.3 is 19.7 Å². The van der Waals surface area contributed by atoms with E-state index in [1.54, 1.807) is 38.4 Å². The normalized spacial score (nSPS) is 15.8. The lowest BCUT2D eigenvalue weighted by Gasteiger charge is -2.29. The fraction of sp³-hybridized carbons (Fsp3) is 0.500. The minimum atomic E-state index is -1.10. The number of hydrogen-bond acceptors (Lipinski definition) is 5. The first-order valence-corrected chi connectivity index (χ1v) is 11.1. The van der Waals surface area contributed by atoms with Crippen molar-refractivity contribution in [2.24, 2.45) is 19.5 Å². The molecular formula is C24H31N3O6. The number of aliphatic carboxylic acids is 1. The Balaban J connectivity index is 1.77. The van der Waals surface area contributed by atoms with E-state index < -0.39 is 28.7 Å². The zero-order valence-electron chi connectivity index (χ0n) is 19.3. The Morgan fingerprint density at radius 1 is 1.15 bits per heavy atom. The molecule has 1 aliphatic rings. The van der Waals surface area contributed by atoms with Crippen molar-refractivity contribution >= 4 is 11.9 Å². The first-order valence-electron chi connectivity index (χ1n) is 11.1. The van der Waals surface area contributed by atoms with Gasteiger partial charge >= 0.3 is 11.7 Å². The third kappa shape index (κ3) is 5.24. The lowest BCUT2D eigenvalue weighted by molar-refractivity contribution is -0.144. The second-order valence-corrected chi connectivity index (χ2v) is 8.80. The number of methoxy groups -OCH3 is 1. The number of aromatic nitrogens is 2. The van der Waals surface area contributed by atoms with E-state index in [1.807, 2.05) is 0 Å². The number of nitrogens with one attached hydrogen (secondary N) is 1. The maximum Gasteiger partial charge on any atom is 0.330 e. The molecule has 1 unspecified atom stereocenters. The third-order valence-electron chi connectivity index (χ3n) is 6.58. The number of rotatable bonds is 9. The smallest absolute Gasteiger partial charge is 0.330 e. The van der Waals surface area contributed by atoms with Crippen LogP contribution in [0.25, 0.3) is 11.1 Å². The lowest BCUT2D eigenvalue weighted by Crippen LogP contribution is -2.49. The molecule has 33 heavy (non-hydrogen) atoms. The van der Waals surface area contributed by atoms with Gasteiger partial charge in [-0.1, -0.05) is 37.1 Å². The number of carboxylic acids is 1. The minimum absolute atomic E-state index is 0.118. The number of carboxylic acid groups (broad SMARTS) is 1. The van der Waals surface area contributed by atoms with E-state index in [0.29, 0.717) is 29.7 Å². The molecule has 1 fully saturated rings. The molecule has 1 aromatic heterocycles. The molecular weight excluding hydrogens is 426 g/mol. The molecule has 1 atom stereocenters. The fourth-order valence-corrected chi connectivity index (χ4v) is 4.51. The van der Waals surface area contributed by atoms with Crippen LogP contribution in [0.3, 0.4) is 0 Å². The molecule has 1 amide bonds. The maximum absolute atomic E-state index is 13.1. The van der Waals surface area contributed by atoms with Gasteiger partial charge in [0.25, 0.3) is 5.56 Å². The van der Waals surface area contributed by atoms with Gasteiger partial charge in [-0.3, -0.25) is 14.2 Å². The number of benzene rings is 1. The number of amides is 1. The summed E-state index contributed by atoms with van der Waals surface area (Å²) in [5.74, 6) is -1.32. The van der Waals surface area contributed by atoms with Gasteiger partial charge in [0.15, 0.2) is 0 Å². The van der Waals surface area contributed by atoms with Crippen molar-refractivity contribution in [1.82, 2.24) is 14.5 Å². The Kier molecular flexibility index (Phi) is 7.53. The van der Waals surface area contributed by atoms with Crippen molar-refractivity contribution in [3.63, 3.8) is 0 Å². The average Bonchev–Trinajstić information content (AvgIpc) is 3.29. The van der Waals surface area contributed by atoms with Gasteiger partial charge in [0, 0.05) is 40.4 Å². The molecule has 0 radical (unpaired) electrons. The summed E-state index contributed by atoms with van der Waals surface area (Å²) in [6.45, 7) is 0.456. The first kappa shape index (κ1) is 24.4. The van der Waals surface area contributed by atoms with Crippen LogP contribution in [0.15, 0.2) is 40.1 Å². The highest BCUT2D eigenvalue weighted by Gasteiger charge is 2.42. The molecule has 1 aromatic carbocycles. The number of nitrogens with zero attached hydrogens (tertiary/aromatic N) is 2. The van der Waals surface area contributed by atoms with Crippen molar-refractivity contribution in [3.8, 4) is 11.1 Å². The quantitative estimate of drug-likeness (QED) is 0.588. The minimum Gasteiger partial charge on any atom is -0.480 e. The maximum atomic E-state index is 13.1. The summed E-state index contributed by atoms with van der Waals surface area (Å²) >= 11 is 0. The summed E-state index contributed by atoms with van der Waals surface area (Å²) in [6, 6.07) is 5.84. The zero-order valence-corrected chi connectivity index (χ0v) is 19.3. The highest BCUT2D eigenvalue weighted by molar-refractivity contribution is 5.87. The van der Waals surface area contributed by atoms with Crippen LogP contribution in [0.1, 0.15) is 37.7 Å². The number of carbonyl (C=O) groups is 2. The molecule has 0 spiro atoms. The molecule has 0 bridgehead atoms. The summed E-state index contributed by atoms with van der Waals surface area (Å²) in [4.78, 5) is 49.3. The van der Waals surface area contributed by atoms with Crippen molar-refractivity contribution in [2.45, 2.75) is 44.6 Å². The highest BCUT2D eigenvalue weighted by Crippen LogP contribution is 2.41. The molecule has 0 aliphatic heterocycles. The van der Waals surface area contributed by atoms with Crippen LogP contribution in [0.5, 0.6) is 0 Å². The molecule has 1 saturated carbocycles. The van der Waals surface area contributed by atoms with Crippen molar-refractivity contribution in [2.75, 3.05) is 13.7 Å². The topological polar surface area (TPSA) is 120 Å². The molecule has 2 N–H and O–H groups in total. The van der Waals surface area contributed by atoms with Crippen molar-refractivity contribution < 1.29 is 19.4 Å². The Hall–Kier alpha value is -3.20. The summed E-state index contributed by atoms with van der Waals surface area (Å²) in [7, 11) is 4.59. The largest absolute Gasteiger partial charge is 0.480 e. The Labute approximate surface area is 192 Å². The van der Waals surface area contributed by atoms with Crippen LogP contribution in [-0.4, -0.2) is 45.9 Å². The summed E-state index contributed by atoms with van der Waals surface area (Å²) in [5, 5.41) is 12.5. The predicted octanol–water partition coefficient (Wildman–Crippen LogP) is 1.46. The third-order valence-corrected chi connectivity index (χ3v) is 6.58. The van der Waals surface area contributed by atoms with E-state index in [1.165, 1.54) is 17.8 Å².